The minimum Gasteiger partial charge on any atom is -0.489 e. The summed E-state index contributed by atoms with van der Waals surface area (Å²) in [5, 5.41) is 12.3. The molecule has 2 aromatic carbocycles. The maximum Gasteiger partial charge on any atom is 0.321 e. The molecule has 2 aromatic rings. The zero-order chi connectivity index (χ0) is 16.9. The van der Waals surface area contributed by atoms with Gasteiger partial charge >= 0.3 is 6.03 Å². The van der Waals surface area contributed by atoms with Crippen LogP contribution in [0.2, 0.25) is 0 Å². The highest BCUT2D eigenvalue weighted by Gasteiger charge is 2.24. The summed E-state index contributed by atoms with van der Waals surface area (Å²) in [7, 11) is 0. The van der Waals surface area contributed by atoms with Gasteiger partial charge in [-0.2, -0.15) is 0 Å². The molecule has 1 atom stereocenters. The fraction of sp³-hybridized carbons (Fsp3) is 0.278. The minimum absolute atomic E-state index is 0.227. The zero-order valence-electron chi connectivity index (χ0n) is 13.1. The maximum absolute atomic E-state index is 13.1. The topological polar surface area (TPSA) is 61.8 Å². The highest BCUT2D eigenvalue weighted by atomic mass is 19.1. The van der Waals surface area contributed by atoms with Crippen molar-refractivity contribution < 1.29 is 19.0 Å². The second-order valence-electron chi connectivity index (χ2n) is 5.77. The lowest BCUT2D eigenvalue weighted by molar-refractivity contribution is 0.176. The molecular formula is C18H19FN2O3. The molecule has 2 amide bonds. The van der Waals surface area contributed by atoms with Gasteiger partial charge in [0, 0.05) is 24.8 Å². The van der Waals surface area contributed by atoms with E-state index in [1.54, 1.807) is 23.1 Å². The monoisotopic (exact) mass is 330 g/mol. The smallest absolute Gasteiger partial charge is 0.321 e. The van der Waals surface area contributed by atoms with Crippen molar-refractivity contribution in [1.82, 2.24) is 4.90 Å². The van der Waals surface area contributed by atoms with E-state index in [9.17, 15) is 14.3 Å². The molecule has 6 heteroatoms. The number of benzene rings is 2. The van der Waals surface area contributed by atoms with Crippen LogP contribution >= 0.6 is 0 Å². The van der Waals surface area contributed by atoms with Crippen molar-refractivity contribution in [3.63, 3.8) is 0 Å². The van der Waals surface area contributed by atoms with E-state index in [-0.39, 0.29) is 18.5 Å². The highest BCUT2D eigenvalue weighted by molar-refractivity contribution is 5.89. The van der Waals surface area contributed by atoms with Crippen LogP contribution in [0.3, 0.4) is 0 Å². The molecule has 1 saturated heterocycles. The van der Waals surface area contributed by atoms with E-state index in [0.717, 1.165) is 5.56 Å². The molecule has 0 unspecified atom stereocenters. The van der Waals surface area contributed by atoms with Gasteiger partial charge in [-0.25, -0.2) is 9.18 Å². The number of carbonyl (C=O) groups excluding carboxylic acids is 1. The van der Waals surface area contributed by atoms with Gasteiger partial charge < -0.3 is 20.1 Å². The van der Waals surface area contributed by atoms with E-state index in [4.69, 9.17) is 4.74 Å². The first-order valence-electron chi connectivity index (χ1n) is 7.81. The lowest BCUT2D eigenvalue weighted by Crippen LogP contribution is -2.33. The molecular weight excluding hydrogens is 311 g/mol. The third kappa shape index (κ3) is 4.23. The van der Waals surface area contributed by atoms with Crippen molar-refractivity contribution in [2.45, 2.75) is 19.1 Å². The quantitative estimate of drug-likeness (QED) is 0.906. The van der Waals surface area contributed by atoms with Gasteiger partial charge in [0.25, 0.3) is 0 Å². The molecule has 0 bridgehead atoms. The Hall–Kier alpha value is -2.60. The highest BCUT2D eigenvalue weighted by Crippen LogP contribution is 2.17. The van der Waals surface area contributed by atoms with Crippen molar-refractivity contribution in [1.29, 1.82) is 0 Å². The number of carbonyl (C=O) groups is 1. The van der Waals surface area contributed by atoms with Crippen molar-refractivity contribution >= 4 is 11.7 Å². The number of halogens is 1. The van der Waals surface area contributed by atoms with Crippen molar-refractivity contribution in [2.75, 3.05) is 18.4 Å². The fourth-order valence-electron chi connectivity index (χ4n) is 2.59. The number of anilines is 1. The van der Waals surface area contributed by atoms with Crippen LogP contribution in [0.1, 0.15) is 12.0 Å². The van der Waals surface area contributed by atoms with Gasteiger partial charge in [0.1, 0.15) is 18.2 Å². The Morgan fingerprint density at radius 3 is 2.88 bits per heavy atom. The third-order valence-electron chi connectivity index (χ3n) is 3.83. The average Bonchev–Trinajstić information content (AvgIpc) is 3.00. The molecule has 24 heavy (non-hydrogen) atoms. The van der Waals surface area contributed by atoms with Crippen LogP contribution < -0.4 is 10.1 Å². The number of aliphatic hydroxyl groups is 1. The van der Waals surface area contributed by atoms with E-state index >= 15 is 0 Å². The Kier molecular flexibility index (Phi) is 4.96. The average molecular weight is 330 g/mol. The Morgan fingerprint density at radius 1 is 1.29 bits per heavy atom. The number of hydrogen-bond acceptors (Lipinski definition) is 3. The number of likely N-dealkylation sites (tertiary alicyclic amines) is 1. The SMILES string of the molecule is O=C(Nc1cccc(COc2cccc(F)c2)c1)N1CC[C@H](O)C1. The van der Waals surface area contributed by atoms with Gasteiger partial charge in [0.2, 0.25) is 0 Å². The maximum atomic E-state index is 13.1. The van der Waals surface area contributed by atoms with Gasteiger partial charge in [0.05, 0.1) is 6.10 Å². The minimum atomic E-state index is -0.443. The van der Waals surface area contributed by atoms with Crippen LogP contribution in [0.5, 0.6) is 5.75 Å². The number of nitrogens with zero attached hydrogens (tertiary/aromatic N) is 1. The zero-order valence-corrected chi connectivity index (χ0v) is 13.1. The normalized spacial score (nSPS) is 16.9. The molecule has 126 valence electrons. The van der Waals surface area contributed by atoms with E-state index in [1.165, 1.54) is 12.1 Å². The number of β-amino-alcohol motifs (C(OH)–C–C–N with tert-alkyl or cyclic N) is 1. The summed E-state index contributed by atoms with van der Waals surface area (Å²) in [5.41, 5.74) is 1.51. The molecule has 0 aliphatic carbocycles. The Bertz CT molecular complexity index is 723. The Labute approximate surface area is 139 Å². The van der Waals surface area contributed by atoms with E-state index in [0.29, 0.717) is 30.9 Å². The standard InChI is InChI=1S/C18H19FN2O3/c19-14-4-2-6-17(10-14)24-12-13-3-1-5-15(9-13)20-18(23)21-8-7-16(22)11-21/h1-6,9-10,16,22H,7-8,11-12H2,(H,20,23)/t16-/m0/s1. The Morgan fingerprint density at radius 2 is 2.12 bits per heavy atom. The van der Waals surface area contributed by atoms with Crippen LogP contribution in [0.15, 0.2) is 48.5 Å². The van der Waals surface area contributed by atoms with E-state index in [1.807, 2.05) is 18.2 Å². The number of aliphatic hydroxyl groups excluding tert-OH is 1. The third-order valence-corrected chi connectivity index (χ3v) is 3.83. The first-order valence-corrected chi connectivity index (χ1v) is 7.81. The van der Waals surface area contributed by atoms with Crippen molar-refractivity contribution in [3.05, 3.63) is 59.9 Å². The van der Waals surface area contributed by atoms with Crippen LogP contribution in [-0.4, -0.2) is 35.2 Å². The second kappa shape index (κ2) is 7.31. The second-order valence-corrected chi connectivity index (χ2v) is 5.77. The number of nitrogens with one attached hydrogen (secondary N) is 1. The van der Waals surface area contributed by atoms with Crippen LogP contribution in [0.25, 0.3) is 0 Å². The number of ether oxygens (including phenoxy) is 1. The summed E-state index contributed by atoms with van der Waals surface area (Å²) in [6.07, 6.45) is 0.163. The number of hydrogen-bond donors (Lipinski definition) is 2. The van der Waals surface area contributed by atoms with Crippen LogP contribution in [-0.2, 0) is 6.61 Å². The molecule has 1 fully saturated rings. The molecule has 0 saturated carbocycles. The predicted molar refractivity (Wildman–Crippen MR) is 88.4 cm³/mol. The first kappa shape index (κ1) is 16.3. The van der Waals surface area contributed by atoms with Gasteiger partial charge in [0.15, 0.2) is 0 Å². The predicted octanol–water partition coefficient (Wildman–Crippen LogP) is 3.00. The summed E-state index contributed by atoms with van der Waals surface area (Å²) >= 11 is 0. The molecule has 0 aromatic heterocycles. The number of rotatable bonds is 4. The van der Waals surface area contributed by atoms with Crippen molar-refractivity contribution in [3.8, 4) is 5.75 Å². The molecule has 1 aliphatic rings. The fourth-order valence-corrected chi connectivity index (χ4v) is 2.59. The van der Waals surface area contributed by atoms with E-state index < -0.39 is 6.10 Å². The molecule has 3 rings (SSSR count). The summed E-state index contributed by atoms with van der Waals surface area (Å²) in [6, 6.07) is 13.0. The van der Waals surface area contributed by atoms with Gasteiger partial charge in [-0.05, 0) is 36.2 Å². The van der Waals surface area contributed by atoms with Crippen molar-refractivity contribution in [2.24, 2.45) is 0 Å². The number of urea groups is 1. The molecule has 1 heterocycles. The molecule has 2 N–H and O–H groups in total. The molecule has 5 nitrogen and oxygen atoms in total. The number of amides is 2. The van der Waals surface area contributed by atoms with Gasteiger partial charge in [-0.3, -0.25) is 0 Å². The lowest BCUT2D eigenvalue weighted by atomic mass is 10.2. The summed E-state index contributed by atoms with van der Waals surface area (Å²) in [6.45, 7) is 1.18. The van der Waals surface area contributed by atoms with Crippen LogP contribution in [0.4, 0.5) is 14.9 Å². The van der Waals surface area contributed by atoms with Gasteiger partial charge in [-0.15, -0.1) is 0 Å². The van der Waals surface area contributed by atoms with E-state index in [2.05, 4.69) is 5.32 Å². The van der Waals surface area contributed by atoms with Gasteiger partial charge in [-0.1, -0.05) is 18.2 Å². The molecule has 0 radical (unpaired) electrons. The largest absolute Gasteiger partial charge is 0.489 e. The molecule has 1 aliphatic heterocycles. The Balaban J connectivity index is 1.58. The summed E-state index contributed by atoms with van der Waals surface area (Å²) in [5.74, 6) is 0.108. The first-order chi connectivity index (χ1) is 11.6. The lowest BCUT2D eigenvalue weighted by Gasteiger charge is -2.17. The van der Waals surface area contributed by atoms with Crippen LogP contribution in [0, 0.1) is 5.82 Å². The summed E-state index contributed by atoms with van der Waals surface area (Å²) in [4.78, 5) is 13.7. The summed E-state index contributed by atoms with van der Waals surface area (Å²) < 4.78 is 18.7. The molecule has 0 spiro atoms.